The summed E-state index contributed by atoms with van der Waals surface area (Å²) in [6, 6.07) is 9.42. The van der Waals surface area contributed by atoms with Crippen molar-refractivity contribution >= 4 is 41.0 Å². The number of hydrogen-bond donors (Lipinski definition) is 3. The number of imide groups is 1. The number of anilines is 2. The number of hydrogen-bond acceptors (Lipinski definition) is 6. The molecule has 4 amide bonds. The van der Waals surface area contributed by atoms with E-state index >= 15 is 0 Å². The third-order valence-corrected chi connectivity index (χ3v) is 5.05. The molecule has 1 aromatic heterocycles. The number of amides is 4. The minimum Gasteiger partial charge on any atom is -0.497 e. The number of carbonyl (C=O) groups is 3. The Bertz CT molecular complexity index is 920. The van der Waals surface area contributed by atoms with Gasteiger partial charge in [-0.3, -0.25) is 19.8 Å². The van der Waals surface area contributed by atoms with Crippen LogP contribution in [0.25, 0.3) is 0 Å². The van der Waals surface area contributed by atoms with Gasteiger partial charge in [0.15, 0.2) is 0 Å². The Kier molecular flexibility index (Phi) is 7.80. The van der Waals surface area contributed by atoms with Gasteiger partial charge in [-0.05, 0) is 55.8 Å². The smallest absolute Gasteiger partial charge is 0.325 e. The maximum absolute atomic E-state index is 12.5. The van der Waals surface area contributed by atoms with E-state index in [4.69, 9.17) is 16.3 Å². The lowest BCUT2D eigenvalue weighted by molar-refractivity contribution is -0.125. The number of likely N-dealkylation sites (tertiary alicyclic amines) is 1. The monoisotopic (exact) mass is 445 g/mol. The first-order chi connectivity index (χ1) is 14.9. The number of urea groups is 1. The second kappa shape index (κ2) is 10.7. The van der Waals surface area contributed by atoms with Gasteiger partial charge in [0.05, 0.1) is 24.6 Å². The number of ether oxygens (including phenoxy) is 1. The highest BCUT2D eigenvalue weighted by molar-refractivity contribution is 6.30. The van der Waals surface area contributed by atoms with E-state index < -0.39 is 11.9 Å². The Morgan fingerprint density at radius 2 is 1.94 bits per heavy atom. The Morgan fingerprint density at radius 3 is 2.61 bits per heavy atom. The molecule has 164 valence electrons. The number of halogens is 1. The zero-order valence-corrected chi connectivity index (χ0v) is 17.8. The normalized spacial score (nSPS) is 16.3. The third kappa shape index (κ3) is 6.94. The van der Waals surface area contributed by atoms with Crippen molar-refractivity contribution in [2.45, 2.75) is 12.8 Å². The summed E-state index contributed by atoms with van der Waals surface area (Å²) in [5, 5.41) is 8.16. The largest absolute Gasteiger partial charge is 0.497 e. The van der Waals surface area contributed by atoms with Crippen LogP contribution in [-0.4, -0.2) is 54.5 Å². The average molecular weight is 446 g/mol. The molecule has 2 aromatic rings. The van der Waals surface area contributed by atoms with E-state index in [9.17, 15) is 14.4 Å². The SMILES string of the molecule is COc1ccc(NC(=O)NC(=O)CN2CCCC(C(=O)Nc3ccc(Cl)cn3)C2)cc1. The van der Waals surface area contributed by atoms with Gasteiger partial charge in [0.2, 0.25) is 11.8 Å². The lowest BCUT2D eigenvalue weighted by Gasteiger charge is -2.31. The van der Waals surface area contributed by atoms with E-state index in [2.05, 4.69) is 20.9 Å². The molecule has 0 saturated carbocycles. The second-order valence-corrected chi connectivity index (χ2v) is 7.59. The van der Waals surface area contributed by atoms with Gasteiger partial charge in [0.1, 0.15) is 11.6 Å². The van der Waals surface area contributed by atoms with Crippen LogP contribution in [0.3, 0.4) is 0 Å². The minimum atomic E-state index is -0.615. The van der Waals surface area contributed by atoms with Crippen molar-refractivity contribution in [3.63, 3.8) is 0 Å². The van der Waals surface area contributed by atoms with Gasteiger partial charge in [0.25, 0.3) is 0 Å². The van der Waals surface area contributed by atoms with Crippen molar-refractivity contribution in [3.05, 3.63) is 47.6 Å². The number of pyridine rings is 1. The number of carbonyl (C=O) groups excluding carboxylic acids is 3. The Balaban J connectivity index is 1.45. The zero-order chi connectivity index (χ0) is 22.2. The molecule has 0 spiro atoms. The molecular formula is C21H24ClN5O4. The number of nitrogens with one attached hydrogen (secondary N) is 3. The van der Waals surface area contributed by atoms with Crippen molar-refractivity contribution in [2.24, 2.45) is 5.92 Å². The van der Waals surface area contributed by atoms with Gasteiger partial charge in [-0.25, -0.2) is 9.78 Å². The number of nitrogens with zero attached hydrogens (tertiary/aromatic N) is 2. The molecule has 1 aliphatic heterocycles. The van der Waals surface area contributed by atoms with Crippen molar-refractivity contribution in [1.82, 2.24) is 15.2 Å². The van der Waals surface area contributed by atoms with E-state index in [1.807, 2.05) is 4.90 Å². The number of aromatic nitrogens is 1. The van der Waals surface area contributed by atoms with Crippen molar-refractivity contribution in [3.8, 4) is 5.75 Å². The molecule has 1 aliphatic rings. The maximum atomic E-state index is 12.5. The van der Waals surface area contributed by atoms with Gasteiger partial charge in [0, 0.05) is 18.4 Å². The van der Waals surface area contributed by atoms with Crippen LogP contribution < -0.4 is 20.7 Å². The van der Waals surface area contributed by atoms with Crippen LogP contribution in [-0.2, 0) is 9.59 Å². The van der Waals surface area contributed by atoms with E-state index in [1.165, 1.54) is 6.20 Å². The summed E-state index contributed by atoms with van der Waals surface area (Å²) < 4.78 is 5.06. The lowest BCUT2D eigenvalue weighted by Crippen LogP contribution is -2.47. The van der Waals surface area contributed by atoms with Crippen LogP contribution in [0.1, 0.15) is 12.8 Å². The molecule has 10 heteroatoms. The van der Waals surface area contributed by atoms with E-state index in [1.54, 1.807) is 43.5 Å². The summed E-state index contributed by atoms with van der Waals surface area (Å²) in [5.41, 5.74) is 0.539. The quantitative estimate of drug-likeness (QED) is 0.630. The first kappa shape index (κ1) is 22.5. The molecule has 0 bridgehead atoms. The van der Waals surface area contributed by atoms with Crippen LogP contribution in [0.4, 0.5) is 16.3 Å². The summed E-state index contributed by atoms with van der Waals surface area (Å²) in [5.74, 6) is 0.229. The summed E-state index contributed by atoms with van der Waals surface area (Å²) in [7, 11) is 1.55. The van der Waals surface area contributed by atoms with E-state index in [-0.39, 0.29) is 18.4 Å². The van der Waals surface area contributed by atoms with Crippen LogP contribution in [0.2, 0.25) is 5.02 Å². The molecule has 1 saturated heterocycles. The fourth-order valence-corrected chi connectivity index (χ4v) is 3.41. The molecule has 9 nitrogen and oxygen atoms in total. The van der Waals surface area contributed by atoms with Crippen LogP contribution >= 0.6 is 11.6 Å². The summed E-state index contributed by atoms with van der Waals surface area (Å²) in [6.07, 6.45) is 2.96. The standard InChI is InChI=1S/C21H24ClN5O4/c1-31-17-7-5-16(6-8-17)24-21(30)26-19(28)13-27-10-2-3-14(12-27)20(29)25-18-9-4-15(22)11-23-18/h4-9,11,14H,2-3,10,12-13H2,1H3,(H,23,25,29)(H2,24,26,28,30). The molecular weight excluding hydrogens is 422 g/mol. The van der Waals surface area contributed by atoms with Gasteiger partial charge < -0.3 is 15.4 Å². The molecule has 1 fully saturated rings. The van der Waals surface area contributed by atoms with E-state index in [0.717, 1.165) is 12.8 Å². The Morgan fingerprint density at radius 1 is 1.16 bits per heavy atom. The number of piperidine rings is 1. The molecule has 1 aromatic carbocycles. The molecule has 1 unspecified atom stereocenters. The van der Waals surface area contributed by atoms with Gasteiger partial charge in [-0.2, -0.15) is 0 Å². The molecule has 2 heterocycles. The predicted molar refractivity (Wildman–Crippen MR) is 117 cm³/mol. The summed E-state index contributed by atoms with van der Waals surface area (Å²) in [4.78, 5) is 42.8. The highest BCUT2D eigenvalue weighted by atomic mass is 35.5. The van der Waals surface area contributed by atoms with Crippen LogP contribution in [0.15, 0.2) is 42.6 Å². The average Bonchev–Trinajstić information content (AvgIpc) is 2.76. The van der Waals surface area contributed by atoms with Crippen LogP contribution in [0.5, 0.6) is 5.75 Å². The van der Waals surface area contributed by atoms with Gasteiger partial charge >= 0.3 is 6.03 Å². The fourth-order valence-electron chi connectivity index (χ4n) is 3.30. The number of benzene rings is 1. The van der Waals surface area contributed by atoms with Crippen molar-refractivity contribution in [1.29, 1.82) is 0 Å². The van der Waals surface area contributed by atoms with Crippen LogP contribution in [0, 0.1) is 5.92 Å². The number of rotatable bonds is 6. The zero-order valence-electron chi connectivity index (χ0n) is 17.1. The first-order valence-corrected chi connectivity index (χ1v) is 10.2. The Labute approximate surface area is 185 Å². The third-order valence-electron chi connectivity index (χ3n) is 4.82. The first-order valence-electron chi connectivity index (χ1n) is 9.82. The molecule has 0 aliphatic carbocycles. The molecule has 31 heavy (non-hydrogen) atoms. The maximum Gasteiger partial charge on any atom is 0.325 e. The molecule has 1 atom stereocenters. The van der Waals surface area contributed by atoms with E-state index in [0.29, 0.717) is 35.4 Å². The highest BCUT2D eigenvalue weighted by Gasteiger charge is 2.27. The Hall–Kier alpha value is -3.17. The second-order valence-electron chi connectivity index (χ2n) is 7.16. The summed E-state index contributed by atoms with van der Waals surface area (Å²) >= 11 is 5.80. The highest BCUT2D eigenvalue weighted by Crippen LogP contribution is 2.19. The van der Waals surface area contributed by atoms with Gasteiger partial charge in [-0.15, -0.1) is 0 Å². The molecule has 3 rings (SSSR count). The summed E-state index contributed by atoms with van der Waals surface area (Å²) in [6.45, 7) is 1.13. The molecule has 0 radical (unpaired) electrons. The topological polar surface area (TPSA) is 113 Å². The minimum absolute atomic E-state index is 0.0268. The predicted octanol–water partition coefficient (Wildman–Crippen LogP) is 2.74. The van der Waals surface area contributed by atoms with Gasteiger partial charge in [-0.1, -0.05) is 11.6 Å². The fraction of sp³-hybridized carbons (Fsp3) is 0.333. The molecule has 3 N–H and O–H groups in total. The van der Waals surface area contributed by atoms with Crippen molar-refractivity contribution < 1.29 is 19.1 Å². The number of methoxy groups -OCH3 is 1. The lowest BCUT2D eigenvalue weighted by atomic mass is 9.97. The van der Waals surface area contributed by atoms with Crippen molar-refractivity contribution in [2.75, 3.05) is 37.4 Å².